The Balaban J connectivity index is 2.51. The maximum Gasteiger partial charge on any atom is 0.348 e. The number of hydrogen-bond donors (Lipinski definition) is 1. The summed E-state index contributed by atoms with van der Waals surface area (Å²) in [6.07, 6.45) is 0.951. The predicted octanol–water partition coefficient (Wildman–Crippen LogP) is 4.13. The number of carboxylic acids is 1. The largest absolute Gasteiger partial charge is 0.477 e. The van der Waals surface area contributed by atoms with Gasteiger partial charge in [-0.3, -0.25) is 0 Å². The Morgan fingerprint density at radius 2 is 1.95 bits per heavy atom. The van der Waals surface area contributed by atoms with Gasteiger partial charge in [0.25, 0.3) is 0 Å². The van der Waals surface area contributed by atoms with Crippen LogP contribution in [0.5, 0.6) is 0 Å². The molecule has 4 nitrogen and oxygen atoms in total. The summed E-state index contributed by atoms with van der Waals surface area (Å²) in [5.74, 6) is -0.930. The molecule has 2 rings (SSSR count). The molecule has 0 bridgehead atoms. The van der Waals surface area contributed by atoms with Crippen LogP contribution in [0.4, 0.5) is 5.13 Å². The molecule has 1 aromatic carbocycles. The summed E-state index contributed by atoms with van der Waals surface area (Å²) >= 11 is 1.23. The van der Waals surface area contributed by atoms with E-state index in [1.54, 1.807) is 0 Å². The smallest absolute Gasteiger partial charge is 0.348 e. The van der Waals surface area contributed by atoms with Crippen molar-refractivity contribution in [3.8, 4) is 11.3 Å². The van der Waals surface area contributed by atoms with Gasteiger partial charge in [0.15, 0.2) is 5.13 Å². The number of carboxylic acid groups (broad SMARTS) is 1. The second-order valence-corrected chi connectivity index (χ2v) is 6.55. The molecule has 2 aromatic rings. The topological polar surface area (TPSA) is 53.4 Å². The lowest BCUT2D eigenvalue weighted by atomic mass is 10.0. The zero-order valence-electron chi connectivity index (χ0n) is 12.8. The first-order valence-corrected chi connectivity index (χ1v) is 7.72. The number of benzene rings is 1. The SMILES string of the molecule is CCC(C)(C)N(C)c1nc(-c2ccccc2)c(C(=O)O)s1. The number of rotatable bonds is 5. The van der Waals surface area contributed by atoms with Gasteiger partial charge in [-0.25, -0.2) is 9.78 Å². The summed E-state index contributed by atoms with van der Waals surface area (Å²) in [5.41, 5.74) is 1.31. The minimum absolute atomic E-state index is 0.0679. The van der Waals surface area contributed by atoms with Crippen LogP contribution >= 0.6 is 11.3 Å². The second kappa shape index (κ2) is 5.85. The molecule has 0 radical (unpaired) electrons. The Morgan fingerprint density at radius 3 is 2.48 bits per heavy atom. The average molecular weight is 304 g/mol. The van der Waals surface area contributed by atoms with Crippen LogP contribution in [0, 0.1) is 0 Å². The van der Waals surface area contributed by atoms with E-state index in [0.29, 0.717) is 5.69 Å². The highest BCUT2D eigenvalue weighted by molar-refractivity contribution is 7.17. The van der Waals surface area contributed by atoms with Crippen molar-refractivity contribution in [3.63, 3.8) is 0 Å². The maximum absolute atomic E-state index is 11.5. The minimum atomic E-state index is -0.930. The van der Waals surface area contributed by atoms with Gasteiger partial charge in [0.05, 0.1) is 5.69 Å². The first kappa shape index (κ1) is 15.5. The molecule has 5 heteroatoms. The van der Waals surface area contributed by atoms with Gasteiger partial charge >= 0.3 is 5.97 Å². The van der Waals surface area contributed by atoms with Gasteiger partial charge in [0.2, 0.25) is 0 Å². The average Bonchev–Trinajstić information content (AvgIpc) is 2.92. The van der Waals surface area contributed by atoms with E-state index in [2.05, 4.69) is 30.7 Å². The molecule has 0 aliphatic heterocycles. The third-order valence-electron chi connectivity index (χ3n) is 3.92. The molecule has 1 aromatic heterocycles. The van der Waals surface area contributed by atoms with Crippen molar-refractivity contribution in [3.05, 3.63) is 35.2 Å². The molecule has 0 spiro atoms. The minimum Gasteiger partial charge on any atom is -0.477 e. The molecular formula is C16H20N2O2S. The summed E-state index contributed by atoms with van der Waals surface area (Å²) < 4.78 is 0. The Bertz CT molecular complexity index is 635. The summed E-state index contributed by atoms with van der Waals surface area (Å²) in [4.78, 5) is 18.4. The van der Waals surface area contributed by atoms with Crippen molar-refractivity contribution in [2.45, 2.75) is 32.7 Å². The second-order valence-electron chi connectivity index (χ2n) is 5.57. The first-order chi connectivity index (χ1) is 9.86. The number of nitrogens with zero attached hydrogens (tertiary/aromatic N) is 2. The van der Waals surface area contributed by atoms with Gasteiger partial charge in [-0.15, -0.1) is 0 Å². The zero-order chi connectivity index (χ0) is 15.6. The van der Waals surface area contributed by atoms with Gasteiger partial charge in [-0.05, 0) is 20.3 Å². The van der Waals surface area contributed by atoms with Crippen LogP contribution in [0.2, 0.25) is 0 Å². The summed E-state index contributed by atoms with van der Waals surface area (Å²) in [7, 11) is 1.96. The normalized spacial score (nSPS) is 11.4. The van der Waals surface area contributed by atoms with E-state index >= 15 is 0 Å². The van der Waals surface area contributed by atoms with Crippen molar-refractivity contribution in [2.75, 3.05) is 11.9 Å². The van der Waals surface area contributed by atoms with Crippen LogP contribution < -0.4 is 4.90 Å². The zero-order valence-corrected chi connectivity index (χ0v) is 13.6. The molecular weight excluding hydrogens is 284 g/mol. The summed E-state index contributed by atoms with van der Waals surface area (Å²) in [6, 6.07) is 9.45. The molecule has 0 aliphatic carbocycles. The predicted molar refractivity (Wildman–Crippen MR) is 87.3 cm³/mol. The Morgan fingerprint density at radius 1 is 1.33 bits per heavy atom. The maximum atomic E-state index is 11.5. The Kier molecular flexibility index (Phi) is 4.32. The van der Waals surface area contributed by atoms with E-state index in [9.17, 15) is 9.90 Å². The van der Waals surface area contributed by atoms with Crippen LogP contribution in [0.25, 0.3) is 11.3 Å². The van der Waals surface area contributed by atoms with Gasteiger partial charge in [0.1, 0.15) is 4.88 Å². The summed E-state index contributed by atoms with van der Waals surface area (Å²) in [6.45, 7) is 6.36. The fourth-order valence-electron chi connectivity index (χ4n) is 1.89. The first-order valence-electron chi connectivity index (χ1n) is 6.90. The fraction of sp³-hybridized carbons (Fsp3) is 0.375. The monoisotopic (exact) mass is 304 g/mol. The molecule has 0 saturated carbocycles. The van der Waals surface area contributed by atoms with Gasteiger partial charge in [-0.2, -0.15) is 0 Å². The highest BCUT2D eigenvalue weighted by Gasteiger charge is 2.27. The van der Waals surface area contributed by atoms with Gasteiger partial charge < -0.3 is 10.0 Å². The number of carbonyl (C=O) groups is 1. The van der Waals surface area contributed by atoms with Crippen LogP contribution in [0.1, 0.15) is 36.9 Å². The molecule has 0 atom stereocenters. The lowest BCUT2D eigenvalue weighted by molar-refractivity contribution is 0.0702. The number of anilines is 1. The van der Waals surface area contributed by atoms with E-state index in [1.807, 2.05) is 37.4 Å². The molecule has 112 valence electrons. The third-order valence-corrected chi connectivity index (χ3v) is 5.04. The highest BCUT2D eigenvalue weighted by Crippen LogP contribution is 2.35. The van der Waals surface area contributed by atoms with Crippen molar-refractivity contribution < 1.29 is 9.90 Å². The van der Waals surface area contributed by atoms with Crippen molar-refractivity contribution >= 4 is 22.4 Å². The standard InChI is InChI=1S/C16H20N2O2S/c1-5-16(2,3)18(4)15-17-12(13(21-15)14(19)20)11-9-7-6-8-10-11/h6-10H,5H2,1-4H3,(H,19,20). The van der Waals surface area contributed by atoms with Crippen molar-refractivity contribution in [1.29, 1.82) is 0 Å². The lowest BCUT2D eigenvalue weighted by Crippen LogP contribution is -2.40. The van der Waals surface area contributed by atoms with E-state index in [1.165, 1.54) is 11.3 Å². The molecule has 0 aliphatic rings. The Labute approximate surface area is 129 Å². The molecule has 1 N–H and O–H groups in total. The van der Waals surface area contributed by atoms with Crippen molar-refractivity contribution in [2.24, 2.45) is 0 Å². The van der Waals surface area contributed by atoms with Crippen LogP contribution in [0.3, 0.4) is 0 Å². The van der Waals surface area contributed by atoms with Crippen LogP contribution in [-0.2, 0) is 0 Å². The van der Waals surface area contributed by atoms with Crippen LogP contribution in [-0.4, -0.2) is 28.6 Å². The molecule has 1 heterocycles. The van der Waals surface area contributed by atoms with E-state index in [-0.39, 0.29) is 10.4 Å². The number of hydrogen-bond acceptors (Lipinski definition) is 4. The van der Waals surface area contributed by atoms with E-state index in [4.69, 9.17) is 0 Å². The lowest BCUT2D eigenvalue weighted by Gasteiger charge is -2.34. The molecule has 0 fully saturated rings. The molecule has 21 heavy (non-hydrogen) atoms. The number of thiazole rings is 1. The van der Waals surface area contributed by atoms with Crippen molar-refractivity contribution in [1.82, 2.24) is 4.98 Å². The summed E-state index contributed by atoms with van der Waals surface area (Å²) in [5, 5.41) is 10.2. The molecule has 0 unspecified atom stereocenters. The fourth-order valence-corrected chi connectivity index (χ4v) is 2.94. The third kappa shape index (κ3) is 3.08. The van der Waals surface area contributed by atoms with Gasteiger partial charge in [0, 0.05) is 18.2 Å². The molecule has 0 saturated heterocycles. The van der Waals surface area contributed by atoms with E-state index < -0.39 is 5.97 Å². The molecule has 0 amide bonds. The number of aromatic nitrogens is 1. The Hall–Kier alpha value is -1.88. The van der Waals surface area contributed by atoms with Crippen LogP contribution in [0.15, 0.2) is 30.3 Å². The highest BCUT2D eigenvalue weighted by atomic mass is 32.1. The van der Waals surface area contributed by atoms with Gasteiger partial charge in [-0.1, -0.05) is 48.6 Å². The number of aromatic carboxylic acids is 1. The van der Waals surface area contributed by atoms with E-state index in [0.717, 1.165) is 17.1 Å². The quantitative estimate of drug-likeness (QED) is 0.902.